The van der Waals surface area contributed by atoms with E-state index in [0.717, 1.165) is 4.90 Å². The van der Waals surface area contributed by atoms with E-state index in [1.54, 1.807) is 23.6 Å². The number of thioether (sulfide) groups is 1. The molecule has 0 unspecified atom stereocenters. The van der Waals surface area contributed by atoms with Crippen LogP contribution >= 0.6 is 34.7 Å². The monoisotopic (exact) mass is 326 g/mol. The lowest BCUT2D eigenvalue weighted by Gasteiger charge is -2.07. The lowest BCUT2D eigenvalue weighted by molar-refractivity contribution is 0.100. The maximum absolute atomic E-state index is 12.2. The molecule has 0 aliphatic heterocycles. The summed E-state index contributed by atoms with van der Waals surface area (Å²) < 4.78 is 0. The Kier molecular flexibility index (Phi) is 4.69. The van der Waals surface area contributed by atoms with Gasteiger partial charge in [-0.25, -0.2) is 0 Å². The maximum atomic E-state index is 12.2. The summed E-state index contributed by atoms with van der Waals surface area (Å²) in [5.41, 5.74) is 5.89. The summed E-state index contributed by atoms with van der Waals surface area (Å²) in [4.78, 5) is 24.4. The first-order valence-corrected chi connectivity index (χ1v) is 8.03. The van der Waals surface area contributed by atoms with Gasteiger partial charge < -0.3 is 11.1 Å². The fourth-order valence-electron chi connectivity index (χ4n) is 1.58. The van der Waals surface area contributed by atoms with E-state index in [1.807, 2.05) is 12.3 Å². The highest BCUT2D eigenvalue weighted by atomic mass is 35.5. The first-order chi connectivity index (χ1) is 9.52. The van der Waals surface area contributed by atoms with Crippen molar-refractivity contribution in [1.29, 1.82) is 0 Å². The smallest absolute Gasteiger partial charge is 0.257 e. The number of amides is 2. The third-order valence-electron chi connectivity index (χ3n) is 2.58. The van der Waals surface area contributed by atoms with Gasteiger partial charge in [-0.3, -0.25) is 9.59 Å². The lowest BCUT2D eigenvalue weighted by Crippen LogP contribution is -2.16. The summed E-state index contributed by atoms with van der Waals surface area (Å²) in [6.45, 7) is 0. The van der Waals surface area contributed by atoms with Crippen LogP contribution in [0.5, 0.6) is 0 Å². The molecule has 104 valence electrons. The van der Waals surface area contributed by atoms with E-state index in [2.05, 4.69) is 5.32 Å². The third kappa shape index (κ3) is 3.15. The van der Waals surface area contributed by atoms with Gasteiger partial charge in [-0.2, -0.15) is 0 Å². The van der Waals surface area contributed by atoms with Crippen LogP contribution in [0.1, 0.15) is 20.7 Å². The Morgan fingerprint density at radius 2 is 2.05 bits per heavy atom. The highest BCUT2D eigenvalue weighted by Crippen LogP contribution is 2.27. The van der Waals surface area contributed by atoms with E-state index in [0.29, 0.717) is 21.2 Å². The number of halogens is 1. The molecular weight excluding hydrogens is 316 g/mol. The molecule has 0 fully saturated rings. The van der Waals surface area contributed by atoms with Gasteiger partial charge in [0.15, 0.2) is 0 Å². The van der Waals surface area contributed by atoms with Crippen LogP contribution in [0.2, 0.25) is 5.02 Å². The predicted octanol–water partition coefficient (Wildman–Crippen LogP) is 3.47. The second kappa shape index (κ2) is 6.30. The van der Waals surface area contributed by atoms with Crippen molar-refractivity contribution >= 4 is 51.5 Å². The van der Waals surface area contributed by atoms with Crippen molar-refractivity contribution in [1.82, 2.24) is 0 Å². The van der Waals surface area contributed by atoms with E-state index < -0.39 is 5.91 Å². The number of benzene rings is 1. The number of thiophene rings is 1. The Labute approximate surface area is 129 Å². The minimum Gasteiger partial charge on any atom is -0.366 e. The summed E-state index contributed by atoms with van der Waals surface area (Å²) in [7, 11) is 0. The number of anilines is 1. The molecule has 0 atom stereocenters. The molecule has 4 nitrogen and oxygen atoms in total. The number of nitrogens with one attached hydrogen (secondary N) is 1. The summed E-state index contributed by atoms with van der Waals surface area (Å²) in [6.07, 6.45) is 1.91. The number of carbonyl (C=O) groups is 2. The molecule has 0 spiro atoms. The fraction of sp³-hybridized carbons (Fsp3) is 0.0769. The average Bonchev–Trinajstić information content (AvgIpc) is 2.87. The zero-order chi connectivity index (χ0) is 14.7. The summed E-state index contributed by atoms with van der Waals surface area (Å²) >= 11 is 8.78. The lowest BCUT2D eigenvalue weighted by atomic mass is 10.2. The van der Waals surface area contributed by atoms with E-state index in [4.69, 9.17) is 17.3 Å². The molecule has 3 N–H and O–H groups in total. The van der Waals surface area contributed by atoms with Gasteiger partial charge in [-0.1, -0.05) is 11.6 Å². The molecule has 1 heterocycles. The SMILES string of the molecule is CSc1ccc(Cl)c(C(=O)Nc2sccc2C(N)=O)c1. The van der Waals surface area contributed by atoms with Crippen LogP contribution in [-0.2, 0) is 0 Å². The zero-order valence-electron chi connectivity index (χ0n) is 10.5. The molecule has 2 rings (SSSR count). The van der Waals surface area contributed by atoms with Gasteiger partial charge in [-0.05, 0) is 35.9 Å². The van der Waals surface area contributed by atoms with E-state index in [1.165, 1.54) is 23.1 Å². The number of carbonyl (C=O) groups excluding carboxylic acids is 2. The Hall–Kier alpha value is -1.50. The second-order valence-corrected chi connectivity index (χ2v) is 6.03. The predicted molar refractivity (Wildman–Crippen MR) is 84.0 cm³/mol. The van der Waals surface area contributed by atoms with Crippen LogP contribution < -0.4 is 11.1 Å². The van der Waals surface area contributed by atoms with Crippen molar-refractivity contribution < 1.29 is 9.59 Å². The quantitative estimate of drug-likeness (QED) is 0.845. The van der Waals surface area contributed by atoms with E-state index in [9.17, 15) is 9.59 Å². The Balaban J connectivity index is 2.28. The van der Waals surface area contributed by atoms with Gasteiger partial charge in [0.05, 0.1) is 16.1 Å². The first kappa shape index (κ1) is 14.9. The molecule has 1 aromatic carbocycles. The van der Waals surface area contributed by atoms with Crippen molar-refractivity contribution in [2.24, 2.45) is 5.73 Å². The maximum Gasteiger partial charge on any atom is 0.257 e. The molecule has 2 amide bonds. The zero-order valence-corrected chi connectivity index (χ0v) is 12.9. The molecule has 0 saturated carbocycles. The van der Waals surface area contributed by atoms with Crippen molar-refractivity contribution in [3.05, 3.63) is 45.8 Å². The van der Waals surface area contributed by atoms with Crippen molar-refractivity contribution in [3.8, 4) is 0 Å². The van der Waals surface area contributed by atoms with Gasteiger partial charge >= 0.3 is 0 Å². The van der Waals surface area contributed by atoms with Crippen molar-refractivity contribution in [2.45, 2.75) is 4.90 Å². The molecule has 0 bridgehead atoms. The molecule has 0 aliphatic rings. The van der Waals surface area contributed by atoms with Crippen LogP contribution in [0.15, 0.2) is 34.5 Å². The molecule has 2 aromatic rings. The van der Waals surface area contributed by atoms with Gasteiger partial charge in [0.2, 0.25) is 0 Å². The molecule has 0 aliphatic carbocycles. The Morgan fingerprint density at radius 3 is 2.70 bits per heavy atom. The van der Waals surface area contributed by atoms with Gasteiger partial charge in [0.1, 0.15) is 5.00 Å². The van der Waals surface area contributed by atoms with Gasteiger partial charge in [-0.15, -0.1) is 23.1 Å². The van der Waals surface area contributed by atoms with Gasteiger partial charge in [0, 0.05) is 4.90 Å². The Morgan fingerprint density at radius 1 is 1.30 bits per heavy atom. The second-order valence-electron chi connectivity index (χ2n) is 3.83. The normalized spacial score (nSPS) is 10.3. The topological polar surface area (TPSA) is 72.2 Å². The number of primary amides is 1. The largest absolute Gasteiger partial charge is 0.366 e. The van der Waals surface area contributed by atoms with Crippen molar-refractivity contribution in [3.63, 3.8) is 0 Å². The summed E-state index contributed by atoms with van der Waals surface area (Å²) in [6, 6.07) is 6.79. The molecule has 1 aromatic heterocycles. The number of hydrogen-bond donors (Lipinski definition) is 2. The molecule has 0 radical (unpaired) electrons. The minimum atomic E-state index is -0.578. The summed E-state index contributed by atoms with van der Waals surface area (Å²) in [5.74, 6) is -0.943. The number of rotatable bonds is 4. The van der Waals surface area contributed by atoms with Crippen LogP contribution in [0.25, 0.3) is 0 Å². The highest BCUT2D eigenvalue weighted by molar-refractivity contribution is 7.98. The number of hydrogen-bond acceptors (Lipinski definition) is 4. The van der Waals surface area contributed by atoms with Crippen LogP contribution in [0.3, 0.4) is 0 Å². The summed E-state index contributed by atoms with van der Waals surface area (Å²) in [5, 5.41) is 5.14. The molecule has 0 saturated heterocycles. The standard InChI is InChI=1S/C13H11ClN2O2S2/c1-19-7-2-3-10(14)9(6-7)12(18)16-13-8(11(15)17)4-5-20-13/h2-6H,1H3,(H2,15,17)(H,16,18). The first-order valence-electron chi connectivity index (χ1n) is 5.55. The highest BCUT2D eigenvalue weighted by Gasteiger charge is 2.16. The molecule has 20 heavy (non-hydrogen) atoms. The Bertz CT molecular complexity index is 670. The van der Waals surface area contributed by atoms with Crippen LogP contribution in [0, 0.1) is 0 Å². The fourth-order valence-corrected chi connectivity index (χ4v) is 3.01. The van der Waals surface area contributed by atoms with Crippen molar-refractivity contribution in [2.75, 3.05) is 11.6 Å². The average molecular weight is 327 g/mol. The van der Waals surface area contributed by atoms with E-state index >= 15 is 0 Å². The van der Waals surface area contributed by atoms with Crippen LogP contribution in [0.4, 0.5) is 5.00 Å². The van der Waals surface area contributed by atoms with Crippen LogP contribution in [-0.4, -0.2) is 18.1 Å². The molecule has 7 heteroatoms. The van der Waals surface area contributed by atoms with Gasteiger partial charge in [0.25, 0.3) is 11.8 Å². The van der Waals surface area contributed by atoms with E-state index in [-0.39, 0.29) is 5.91 Å². The third-order valence-corrected chi connectivity index (χ3v) is 4.46. The molecular formula is C13H11ClN2O2S2. The number of nitrogens with two attached hydrogens (primary N) is 1. The minimum absolute atomic E-state index is 0.292.